The monoisotopic (exact) mass is 245 g/mol. The van der Waals surface area contributed by atoms with Crippen LogP contribution in [0.1, 0.15) is 12.5 Å². The summed E-state index contributed by atoms with van der Waals surface area (Å²) < 4.78 is 10.2. The standard InChI is InChI=1S/C13H15N3O2/c1-3-18-7-6-9-8-15-13-10(12(9)14)4-5-11(16-13)17-2/h4-8H,3H2,1-2H3,(H2,14,15,16)/b7-6+. The van der Waals surface area contributed by atoms with Gasteiger partial charge in [-0.2, -0.15) is 4.98 Å². The van der Waals surface area contributed by atoms with Crippen molar-refractivity contribution in [3.05, 3.63) is 30.2 Å². The van der Waals surface area contributed by atoms with E-state index in [1.54, 1.807) is 31.7 Å². The first kappa shape index (κ1) is 12.2. The number of hydrogen-bond acceptors (Lipinski definition) is 5. The molecule has 2 N–H and O–H groups in total. The Kier molecular flexibility index (Phi) is 3.62. The molecule has 2 aromatic heterocycles. The van der Waals surface area contributed by atoms with E-state index in [-0.39, 0.29) is 0 Å². The highest BCUT2D eigenvalue weighted by atomic mass is 16.5. The fourth-order valence-electron chi connectivity index (χ4n) is 1.56. The van der Waals surface area contributed by atoms with Crippen LogP contribution in [0.15, 0.2) is 24.6 Å². The third-order valence-corrected chi connectivity index (χ3v) is 2.50. The lowest BCUT2D eigenvalue weighted by molar-refractivity contribution is 0.272. The predicted molar refractivity (Wildman–Crippen MR) is 71.2 cm³/mol. The van der Waals surface area contributed by atoms with Crippen LogP contribution in [0, 0.1) is 0 Å². The zero-order valence-electron chi connectivity index (χ0n) is 10.4. The number of nitrogen functional groups attached to an aromatic ring is 1. The minimum atomic E-state index is 0.520. The van der Waals surface area contributed by atoms with E-state index in [1.165, 1.54) is 0 Å². The van der Waals surface area contributed by atoms with Crippen molar-refractivity contribution in [3.63, 3.8) is 0 Å². The Bertz CT molecular complexity index is 582. The van der Waals surface area contributed by atoms with Crippen LogP contribution in [0.2, 0.25) is 0 Å². The fraction of sp³-hybridized carbons (Fsp3) is 0.231. The largest absolute Gasteiger partial charge is 0.501 e. The second-order valence-corrected chi connectivity index (χ2v) is 3.61. The number of ether oxygens (including phenoxy) is 2. The number of nitrogens with zero attached hydrogens (tertiary/aromatic N) is 2. The van der Waals surface area contributed by atoms with Crippen molar-refractivity contribution in [2.45, 2.75) is 6.92 Å². The van der Waals surface area contributed by atoms with Crippen LogP contribution in [0.5, 0.6) is 5.88 Å². The number of fused-ring (bicyclic) bond motifs is 1. The summed E-state index contributed by atoms with van der Waals surface area (Å²) in [7, 11) is 1.57. The summed E-state index contributed by atoms with van der Waals surface area (Å²) in [4.78, 5) is 8.47. The van der Waals surface area contributed by atoms with E-state index < -0.39 is 0 Å². The van der Waals surface area contributed by atoms with E-state index in [1.807, 2.05) is 13.0 Å². The number of methoxy groups -OCH3 is 1. The predicted octanol–water partition coefficient (Wildman–Crippen LogP) is 2.23. The molecule has 18 heavy (non-hydrogen) atoms. The highest BCUT2D eigenvalue weighted by molar-refractivity contribution is 5.92. The van der Waals surface area contributed by atoms with Gasteiger partial charge in [0, 0.05) is 23.2 Å². The van der Waals surface area contributed by atoms with Gasteiger partial charge in [0.2, 0.25) is 5.88 Å². The van der Waals surface area contributed by atoms with Crippen molar-refractivity contribution in [1.82, 2.24) is 9.97 Å². The molecular weight excluding hydrogens is 230 g/mol. The van der Waals surface area contributed by atoms with E-state index in [0.717, 1.165) is 10.9 Å². The lowest BCUT2D eigenvalue weighted by atomic mass is 10.1. The van der Waals surface area contributed by atoms with Gasteiger partial charge in [-0.1, -0.05) is 0 Å². The highest BCUT2D eigenvalue weighted by Crippen LogP contribution is 2.24. The first-order valence-corrected chi connectivity index (χ1v) is 5.63. The molecule has 0 aromatic carbocycles. The number of hydrogen-bond donors (Lipinski definition) is 1. The maximum Gasteiger partial charge on any atom is 0.215 e. The maximum absolute atomic E-state index is 6.07. The molecular formula is C13H15N3O2. The molecule has 0 saturated carbocycles. The van der Waals surface area contributed by atoms with Gasteiger partial charge in [0.05, 0.1) is 25.7 Å². The molecule has 0 spiro atoms. The molecule has 0 saturated heterocycles. The molecule has 0 amide bonds. The number of pyridine rings is 2. The van der Waals surface area contributed by atoms with Gasteiger partial charge in [-0.3, -0.25) is 0 Å². The van der Waals surface area contributed by atoms with Crippen molar-refractivity contribution in [2.75, 3.05) is 19.5 Å². The van der Waals surface area contributed by atoms with Crippen molar-refractivity contribution in [3.8, 4) is 5.88 Å². The SMILES string of the molecule is CCO/C=C/c1cnc2nc(OC)ccc2c1N. The molecule has 2 heterocycles. The van der Waals surface area contributed by atoms with Crippen LogP contribution in [0.3, 0.4) is 0 Å². The average molecular weight is 245 g/mol. The van der Waals surface area contributed by atoms with Crippen LogP contribution in [0.4, 0.5) is 5.69 Å². The van der Waals surface area contributed by atoms with Gasteiger partial charge < -0.3 is 15.2 Å². The van der Waals surface area contributed by atoms with Crippen molar-refractivity contribution >= 4 is 22.8 Å². The minimum absolute atomic E-state index is 0.520. The second kappa shape index (κ2) is 5.35. The molecule has 0 aliphatic heterocycles. The first-order valence-electron chi connectivity index (χ1n) is 5.63. The molecule has 0 unspecified atom stereocenters. The van der Waals surface area contributed by atoms with Gasteiger partial charge in [-0.25, -0.2) is 4.98 Å². The number of nitrogens with two attached hydrogens (primary N) is 1. The smallest absolute Gasteiger partial charge is 0.215 e. The van der Waals surface area contributed by atoms with Gasteiger partial charge in [-0.05, 0) is 19.1 Å². The zero-order valence-corrected chi connectivity index (χ0v) is 10.4. The Hall–Kier alpha value is -2.30. The molecule has 2 aromatic rings. The molecule has 5 nitrogen and oxygen atoms in total. The summed E-state index contributed by atoms with van der Waals surface area (Å²) in [6.45, 7) is 2.54. The number of aromatic nitrogens is 2. The van der Waals surface area contributed by atoms with Crippen molar-refractivity contribution in [1.29, 1.82) is 0 Å². The minimum Gasteiger partial charge on any atom is -0.501 e. The molecule has 0 bridgehead atoms. The van der Waals surface area contributed by atoms with E-state index >= 15 is 0 Å². The molecule has 94 valence electrons. The fourth-order valence-corrected chi connectivity index (χ4v) is 1.56. The summed E-state index contributed by atoms with van der Waals surface area (Å²) in [5.74, 6) is 0.520. The van der Waals surface area contributed by atoms with Gasteiger partial charge in [-0.15, -0.1) is 0 Å². The maximum atomic E-state index is 6.07. The molecule has 0 fully saturated rings. The molecule has 0 radical (unpaired) electrons. The van der Waals surface area contributed by atoms with Crippen molar-refractivity contribution < 1.29 is 9.47 Å². The first-order chi connectivity index (χ1) is 8.76. The van der Waals surface area contributed by atoms with Crippen LogP contribution in [-0.4, -0.2) is 23.7 Å². The normalized spacial score (nSPS) is 11.0. The summed E-state index contributed by atoms with van der Waals surface area (Å²) in [5.41, 5.74) is 8.07. The van der Waals surface area contributed by atoms with E-state index in [9.17, 15) is 0 Å². The van der Waals surface area contributed by atoms with Crippen LogP contribution in [0.25, 0.3) is 17.1 Å². The lowest BCUT2D eigenvalue weighted by Gasteiger charge is -2.06. The van der Waals surface area contributed by atoms with E-state index in [0.29, 0.717) is 23.8 Å². The number of anilines is 1. The third kappa shape index (κ3) is 2.34. The van der Waals surface area contributed by atoms with Crippen LogP contribution in [-0.2, 0) is 4.74 Å². The average Bonchev–Trinajstić information content (AvgIpc) is 2.41. The zero-order chi connectivity index (χ0) is 13.0. The Morgan fingerprint density at radius 1 is 1.39 bits per heavy atom. The molecule has 0 atom stereocenters. The Morgan fingerprint density at radius 2 is 2.22 bits per heavy atom. The molecule has 2 rings (SSSR count). The van der Waals surface area contributed by atoms with Gasteiger partial charge >= 0.3 is 0 Å². The summed E-state index contributed by atoms with van der Waals surface area (Å²) in [6.07, 6.45) is 5.06. The highest BCUT2D eigenvalue weighted by Gasteiger charge is 2.06. The van der Waals surface area contributed by atoms with Gasteiger partial charge in [0.1, 0.15) is 0 Å². The summed E-state index contributed by atoms with van der Waals surface area (Å²) in [5, 5.41) is 0.800. The Balaban J connectivity index is 2.44. The Labute approximate surface area is 105 Å². The van der Waals surface area contributed by atoms with E-state index in [4.69, 9.17) is 15.2 Å². The summed E-state index contributed by atoms with van der Waals surface area (Å²) >= 11 is 0. The van der Waals surface area contributed by atoms with Crippen LogP contribution < -0.4 is 10.5 Å². The van der Waals surface area contributed by atoms with Gasteiger partial charge in [0.15, 0.2) is 5.65 Å². The summed E-state index contributed by atoms with van der Waals surface area (Å²) in [6, 6.07) is 3.61. The molecule has 5 heteroatoms. The molecule has 0 aliphatic carbocycles. The van der Waals surface area contributed by atoms with E-state index in [2.05, 4.69) is 9.97 Å². The second-order valence-electron chi connectivity index (χ2n) is 3.61. The van der Waals surface area contributed by atoms with Crippen molar-refractivity contribution in [2.24, 2.45) is 0 Å². The number of rotatable bonds is 4. The Morgan fingerprint density at radius 3 is 2.94 bits per heavy atom. The van der Waals surface area contributed by atoms with Gasteiger partial charge in [0.25, 0.3) is 0 Å². The third-order valence-electron chi connectivity index (χ3n) is 2.50. The molecule has 0 aliphatic rings. The van der Waals surface area contributed by atoms with Crippen LogP contribution >= 0.6 is 0 Å². The lowest BCUT2D eigenvalue weighted by Crippen LogP contribution is -1.96. The quantitative estimate of drug-likeness (QED) is 0.836. The topological polar surface area (TPSA) is 70.3 Å².